The number of esters is 1. The van der Waals surface area contributed by atoms with E-state index in [1.807, 2.05) is 26.0 Å². The van der Waals surface area contributed by atoms with Crippen LogP contribution in [0, 0.1) is 5.92 Å². The fourth-order valence-corrected chi connectivity index (χ4v) is 3.91. The Bertz CT molecular complexity index is 1160. The maximum atomic E-state index is 13.5. The first-order chi connectivity index (χ1) is 17.7. The number of hydrogen-bond donors (Lipinski definition) is 2. The molecule has 0 spiro atoms. The lowest BCUT2D eigenvalue weighted by Crippen LogP contribution is -2.47. The lowest BCUT2D eigenvalue weighted by molar-refractivity contribution is -0.141. The number of hydrazine groups is 1. The van der Waals surface area contributed by atoms with Gasteiger partial charge >= 0.3 is 5.97 Å². The SMILES string of the molecule is CC(=O)OCCOc1ccc(C(=O)N2CC(=O)N(CC(=O)NNCC(C)C)Cc3ccccc32)c(Cl)c1. The highest BCUT2D eigenvalue weighted by Gasteiger charge is 2.31. The molecule has 0 saturated heterocycles. The number of carbonyl (C=O) groups is 4. The quantitative estimate of drug-likeness (QED) is 0.275. The fourth-order valence-electron chi connectivity index (χ4n) is 3.66. The summed E-state index contributed by atoms with van der Waals surface area (Å²) < 4.78 is 10.3. The van der Waals surface area contributed by atoms with E-state index in [1.54, 1.807) is 18.2 Å². The number of para-hydroxylation sites is 1. The zero-order chi connectivity index (χ0) is 26.9. The molecule has 2 aromatic rings. The number of amides is 3. The Kier molecular flexibility index (Phi) is 9.87. The van der Waals surface area contributed by atoms with Gasteiger partial charge in [0.1, 0.15) is 32.1 Å². The predicted octanol–water partition coefficient (Wildman–Crippen LogP) is 2.55. The van der Waals surface area contributed by atoms with Crippen molar-refractivity contribution in [1.29, 1.82) is 0 Å². The number of nitrogens with one attached hydrogen (secondary N) is 2. The first kappa shape index (κ1) is 27.9. The highest BCUT2D eigenvalue weighted by molar-refractivity contribution is 6.34. The molecule has 198 valence electrons. The second kappa shape index (κ2) is 13.1. The molecule has 0 aromatic heterocycles. The molecular formula is C26H31ClN4O6. The van der Waals surface area contributed by atoms with Crippen LogP contribution in [0.2, 0.25) is 5.02 Å². The van der Waals surface area contributed by atoms with Crippen LogP contribution in [0.5, 0.6) is 5.75 Å². The molecule has 0 bridgehead atoms. The molecule has 1 heterocycles. The van der Waals surface area contributed by atoms with E-state index < -0.39 is 11.9 Å². The third kappa shape index (κ3) is 7.93. The molecule has 0 fully saturated rings. The maximum Gasteiger partial charge on any atom is 0.302 e. The summed E-state index contributed by atoms with van der Waals surface area (Å²) in [7, 11) is 0. The Balaban J connectivity index is 1.74. The number of nitrogens with zero attached hydrogens (tertiary/aromatic N) is 2. The largest absolute Gasteiger partial charge is 0.490 e. The molecule has 2 aromatic carbocycles. The van der Waals surface area contributed by atoms with Gasteiger partial charge in [0.15, 0.2) is 0 Å². The van der Waals surface area contributed by atoms with E-state index in [9.17, 15) is 19.2 Å². The summed E-state index contributed by atoms with van der Waals surface area (Å²) in [6.45, 7) is 5.93. The Morgan fingerprint density at radius 3 is 2.54 bits per heavy atom. The Morgan fingerprint density at radius 1 is 1.08 bits per heavy atom. The van der Waals surface area contributed by atoms with Crippen LogP contribution in [0.1, 0.15) is 36.7 Å². The van der Waals surface area contributed by atoms with Gasteiger partial charge in [-0.15, -0.1) is 0 Å². The number of fused-ring (bicyclic) bond motifs is 1. The second-order valence-corrected chi connectivity index (χ2v) is 9.33. The van der Waals surface area contributed by atoms with Gasteiger partial charge in [-0.1, -0.05) is 43.6 Å². The summed E-state index contributed by atoms with van der Waals surface area (Å²) in [5.74, 6) is -0.827. The lowest BCUT2D eigenvalue weighted by Gasteiger charge is -2.23. The standard InChI is InChI=1S/C26H31ClN4O6/c1-17(2)13-28-29-24(33)15-30-14-19-6-4-5-7-23(19)31(16-25(30)34)26(35)21-9-8-20(12-22(21)27)37-11-10-36-18(3)32/h4-9,12,17,28H,10-11,13-16H2,1-3H3,(H,29,33). The van der Waals surface area contributed by atoms with Gasteiger partial charge < -0.3 is 14.4 Å². The number of halogens is 1. The topological polar surface area (TPSA) is 117 Å². The van der Waals surface area contributed by atoms with Gasteiger partial charge in [0, 0.05) is 25.7 Å². The first-order valence-corrected chi connectivity index (χ1v) is 12.3. The fraction of sp³-hybridized carbons (Fsp3) is 0.385. The van der Waals surface area contributed by atoms with E-state index >= 15 is 0 Å². The van der Waals surface area contributed by atoms with Crippen LogP contribution in [-0.4, -0.2) is 61.4 Å². The summed E-state index contributed by atoms with van der Waals surface area (Å²) in [6.07, 6.45) is 0. The minimum Gasteiger partial charge on any atom is -0.490 e. The van der Waals surface area contributed by atoms with Crippen LogP contribution < -0.4 is 20.5 Å². The van der Waals surface area contributed by atoms with Crippen molar-refractivity contribution >= 4 is 41.0 Å². The van der Waals surface area contributed by atoms with Crippen molar-refractivity contribution in [3.63, 3.8) is 0 Å². The van der Waals surface area contributed by atoms with E-state index in [-0.39, 0.29) is 55.2 Å². The highest BCUT2D eigenvalue weighted by Crippen LogP contribution is 2.30. The Labute approximate surface area is 220 Å². The van der Waals surface area contributed by atoms with Crippen molar-refractivity contribution in [3.8, 4) is 5.75 Å². The van der Waals surface area contributed by atoms with Crippen molar-refractivity contribution in [3.05, 3.63) is 58.6 Å². The average molecular weight is 531 g/mol. The monoisotopic (exact) mass is 530 g/mol. The Morgan fingerprint density at radius 2 is 1.84 bits per heavy atom. The summed E-state index contributed by atoms with van der Waals surface area (Å²) in [4.78, 5) is 52.7. The smallest absolute Gasteiger partial charge is 0.302 e. The molecule has 0 unspecified atom stereocenters. The van der Waals surface area contributed by atoms with Crippen LogP contribution in [0.4, 0.5) is 5.69 Å². The van der Waals surface area contributed by atoms with E-state index in [0.29, 0.717) is 23.9 Å². The summed E-state index contributed by atoms with van der Waals surface area (Å²) in [5, 5.41) is 0.150. The van der Waals surface area contributed by atoms with Gasteiger partial charge in [0.2, 0.25) is 5.91 Å². The third-order valence-corrected chi connectivity index (χ3v) is 5.75. The molecular weight excluding hydrogens is 500 g/mol. The van der Waals surface area contributed by atoms with Gasteiger partial charge in [-0.25, -0.2) is 5.43 Å². The normalized spacial score (nSPS) is 13.2. The van der Waals surface area contributed by atoms with Gasteiger partial charge in [0.25, 0.3) is 11.8 Å². The highest BCUT2D eigenvalue weighted by atomic mass is 35.5. The molecule has 10 nitrogen and oxygen atoms in total. The molecule has 0 atom stereocenters. The number of ether oxygens (including phenoxy) is 2. The average Bonchev–Trinajstić information content (AvgIpc) is 2.97. The number of carbonyl (C=O) groups excluding carboxylic acids is 4. The number of rotatable bonds is 10. The molecule has 0 aliphatic carbocycles. The number of benzene rings is 2. The van der Waals surface area contributed by atoms with Gasteiger partial charge in [-0.2, -0.15) is 0 Å². The van der Waals surface area contributed by atoms with Crippen LogP contribution in [-0.2, 0) is 25.7 Å². The molecule has 3 rings (SSSR count). The molecule has 3 amide bonds. The number of hydrogen-bond acceptors (Lipinski definition) is 7. The van der Waals surface area contributed by atoms with Crippen molar-refractivity contribution in [2.45, 2.75) is 27.3 Å². The van der Waals surface area contributed by atoms with Gasteiger partial charge in [-0.05, 0) is 35.7 Å². The van der Waals surface area contributed by atoms with Crippen molar-refractivity contribution in [1.82, 2.24) is 15.8 Å². The van der Waals surface area contributed by atoms with Gasteiger partial charge in [-0.3, -0.25) is 29.5 Å². The lowest BCUT2D eigenvalue weighted by atomic mass is 10.1. The molecule has 1 aliphatic rings. The van der Waals surface area contributed by atoms with Crippen LogP contribution >= 0.6 is 11.6 Å². The summed E-state index contributed by atoms with van der Waals surface area (Å²) >= 11 is 6.41. The minimum atomic E-state index is -0.456. The summed E-state index contributed by atoms with van der Waals surface area (Å²) in [6, 6.07) is 11.8. The molecule has 2 N–H and O–H groups in total. The van der Waals surface area contributed by atoms with Crippen LogP contribution in [0.15, 0.2) is 42.5 Å². The van der Waals surface area contributed by atoms with Crippen molar-refractivity contribution in [2.75, 3.05) is 37.7 Å². The molecule has 11 heteroatoms. The van der Waals surface area contributed by atoms with Crippen molar-refractivity contribution < 1.29 is 28.7 Å². The van der Waals surface area contributed by atoms with E-state index in [0.717, 1.165) is 5.56 Å². The zero-order valence-electron chi connectivity index (χ0n) is 21.1. The molecule has 0 saturated carbocycles. The molecule has 37 heavy (non-hydrogen) atoms. The Hall–Kier alpha value is -3.63. The van der Waals surface area contributed by atoms with Crippen LogP contribution in [0.25, 0.3) is 0 Å². The minimum absolute atomic E-state index is 0.0859. The van der Waals surface area contributed by atoms with Gasteiger partial charge in [0.05, 0.1) is 10.6 Å². The summed E-state index contributed by atoms with van der Waals surface area (Å²) in [5.41, 5.74) is 6.95. The zero-order valence-corrected chi connectivity index (χ0v) is 21.8. The maximum absolute atomic E-state index is 13.5. The van der Waals surface area contributed by atoms with E-state index in [1.165, 1.54) is 28.9 Å². The second-order valence-electron chi connectivity index (χ2n) is 8.92. The number of anilines is 1. The van der Waals surface area contributed by atoms with Crippen LogP contribution in [0.3, 0.4) is 0 Å². The predicted molar refractivity (Wildman–Crippen MR) is 138 cm³/mol. The van der Waals surface area contributed by atoms with Crippen molar-refractivity contribution in [2.24, 2.45) is 5.92 Å². The van der Waals surface area contributed by atoms with E-state index in [2.05, 4.69) is 10.9 Å². The third-order valence-electron chi connectivity index (χ3n) is 5.44. The molecule has 0 radical (unpaired) electrons. The first-order valence-electron chi connectivity index (χ1n) is 11.9. The molecule has 1 aliphatic heterocycles. The van der Waals surface area contributed by atoms with E-state index in [4.69, 9.17) is 21.1 Å².